The van der Waals surface area contributed by atoms with Crippen molar-refractivity contribution in [2.24, 2.45) is 0 Å². The Balaban J connectivity index is 2.10. The van der Waals surface area contributed by atoms with E-state index in [0.717, 1.165) is 12.0 Å². The Kier molecular flexibility index (Phi) is 7.06. The standard InChI is InChI=1S/C17H16Cl2N2O5S/c1-8-9(2)27-16(14(8)15(23)21-17(24)25-3)20-13(22)7-26-12-5-4-10(18)6-11(12)19/h4-6H,7H2,1-3H3,(H,20,22)(H,21,23,24). The highest BCUT2D eigenvalue weighted by Gasteiger charge is 2.23. The number of rotatable bonds is 5. The van der Waals surface area contributed by atoms with Gasteiger partial charge in [-0.15, -0.1) is 11.3 Å². The van der Waals surface area contributed by atoms with Crippen molar-refractivity contribution in [2.45, 2.75) is 13.8 Å². The lowest BCUT2D eigenvalue weighted by molar-refractivity contribution is -0.118. The zero-order valence-electron chi connectivity index (χ0n) is 14.6. The average molecular weight is 431 g/mol. The number of aryl methyl sites for hydroxylation is 1. The molecule has 0 saturated carbocycles. The van der Waals surface area contributed by atoms with Crippen LogP contribution >= 0.6 is 34.5 Å². The molecule has 0 bridgehead atoms. The minimum atomic E-state index is -0.888. The Labute approximate surface area is 169 Å². The topological polar surface area (TPSA) is 93.7 Å². The molecule has 0 spiro atoms. The Morgan fingerprint density at radius 1 is 1.19 bits per heavy atom. The normalized spacial score (nSPS) is 10.3. The number of imide groups is 1. The van der Waals surface area contributed by atoms with Crippen molar-refractivity contribution >= 4 is 57.4 Å². The summed E-state index contributed by atoms with van der Waals surface area (Å²) < 4.78 is 9.79. The summed E-state index contributed by atoms with van der Waals surface area (Å²) in [6, 6.07) is 4.63. The van der Waals surface area contributed by atoms with Gasteiger partial charge in [0.15, 0.2) is 6.61 Å². The van der Waals surface area contributed by atoms with E-state index in [9.17, 15) is 14.4 Å². The molecule has 0 fully saturated rings. The van der Waals surface area contributed by atoms with Gasteiger partial charge in [-0.1, -0.05) is 23.2 Å². The number of benzene rings is 1. The van der Waals surface area contributed by atoms with E-state index in [4.69, 9.17) is 27.9 Å². The van der Waals surface area contributed by atoms with Crippen molar-refractivity contribution in [3.63, 3.8) is 0 Å². The number of hydrogen-bond acceptors (Lipinski definition) is 6. The molecule has 7 nitrogen and oxygen atoms in total. The quantitative estimate of drug-likeness (QED) is 0.741. The van der Waals surface area contributed by atoms with Crippen molar-refractivity contribution in [1.29, 1.82) is 0 Å². The average Bonchev–Trinajstić information content (AvgIpc) is 2.87. The summed E-state index contributed by atoms with van der Waals surface area (Å²) in [4.78, 5) is 36.6. The molecule has 10 heteroatoms. The largest absolute Gasteiger partial charge is 0.482 e. The smallest absolute Gasteiger partial charge is 0.413 e. The van der Waals surface area contributed by atoms with Gasteiger partial charge in [-0.05, 0) is 37.6 Å². The van der Waals surface area contributed by atoms with Crippen LogP contribution in [0.15, 0.2) is 18.2 Å². The van der Waals surface area contributed by atoms with Crippen LogP contribution in [0.3, 0.4) is 0 Å². The minimum absolute atomic E-state index is 0.195. The lowest BCUT2D eigenvalue weighted by atomic mass is 10.1. The zero-order valence-corrected chi connectivity index (χ0v) is 17.0. The Hall–Kier alpha value is -2.29. The number of carbonyl (C=O) groups is 3. The third-order valence-corrected chi connectivity index (χ3v) is 5.17. The number of hydrogen-bond donors (Lipinski definition) is 2. The number of ether oxygens (including phenoxy) is 2. The molecular weight excluding hydrogens is 415 g/mol. The Morgan fingerprint density at radius 3 is 2.52 bits per heavy atom. The summed E-state index contributed by atoms with van der Waals surface area (Å²) in [6.07, 6.45) is -0.888. The van der Waals surface area contributed by atoms with Gasteiger partial charge < -0.3 is 14.8 Å². The van der Waals surface area contributed by atoms with E-state index in [-0.39, 0.29) is 17.2 Å². The molecule has 144 valence electrons. The van der Waals surface area contributed by atoms with E-state index in [0.29, 0.717) is 21.3 Å². The predicted molar refractivity (Wildman–Crippen MR) is 104 cm³/mol. The molecule has 27 heavy (non-hydrogen) atoms. The highest BCUT2D eigenvalue weighted by atomic mass is 35.5. The van der Waals surface area contributed by atoms with E-state index in [1.807, 2.05) is 0 Å². The lowest BCUT2D eigenvalue weighted by Crippen LogP contribution is -2.31. The van der Waals surface area contributed by atoms with Crippen molar-refractivity contribution in [1.82, 2.24) is 5.32 Å². The summed E-state index contributed by atoms with van der Waals surface area (Å²) in [5, 5.41) is 5.73. The van der Waals surface area contributed by atoms with Gasteiger partial charge in [0.1, 0.15) is 10.8 Å². The summed E-state index contributed by atoms with van der Waals surface area (Å²) in [5.74, 6) is -0.853. The maximum Gasteiger partial charge on any atom is 0.413 e. The van der Waals surface area contributed by atoms with Crippen LogP contribution in [-0.4, -0.2) is 31.6 Å². The van der Waals surface area contributed by atoms with Crippen LogP contribution in [0.5, 0.6) is 5.75 Å². The maximum atomic E-state index is 12.3. The fourth-order valence-electron chi connectivity index (χ4n) is 2.09. The second-order valence-electron chi connectivity index (χ2n) is 5.34. The van der Waals surface area contributed by atoms with Crippen molar-refractivity contribution in [3.8, 4) is 5.75 Å². The van der Waals surface area contributed by atoms with Gasteiger partial charge in [-0.3, -0.25) is 14.9 Å². The van der Waals surface area contributed by atoms with E-state index in [1.54, 1.807) is 26.0 Å². The summed E-state index contributed by atoms with van der Waals surface area (Å²) in [5.41, 5.74) is 0.846. The van der Waals surface area contributed by atoms with Crippen LogP contribution in [0.4, 0.5) is 9.80 Å². The maximum absolute atomic E-state index is 12.3. The number of amides is 3. The van der Waals surface area contributed by atoms with Gasteiger partial charge in [-0.2, -0.15) is 0 Å². The first-order valence-electron chi connectivity index (χ1n) is 7.60. The van der Waals surface area contributed by atoms with Crippen molar-refractivity contribution < 1.29 is 23.9 Å². The van der Waals surface area contributed by atoms with Crippen molar-refractivity contribution in [3.05, 3.63) is 44.2 Å². The first-order valence-corrected chi connectivity index (χ1v) is 9.17. The molecule has 2 aromatic rings. The van der Waals surface area contributed by atoms with E-state index < -0.39 is 17.9 Å². The minimum Gasteiger partial charge on any atom is -0.482 e. The number of methoxy groups -OCH3 is 1. The van der Waals surface area contributed by atoms with Gasteiger partial charge in [0, 0.05) is 9.90 Å². The molecule has 0 saturated heterocycles. The summed E-state index contributed by atoms with van der Waals surface area (Å²) >= 11 is 13.0. The Bertz CT molecular complexity index is 898. The SMILES string of the molecule is COC(=O)NC(=O)c1c(NC(=O)COc2ccc(Cl)cc2Cl)sc(C)c1C. The fraction of sp³-hybridized carbons (Fsp3) is 0.235. The number of alkyl carbamates (subject to hydrolysis) is 1. The van der Waals surface area contributed by atoms with Crippen LogP contribution in [0.2, 0.25) is 10.0 Å². The van der Waals surface area contributed by atoms with Crippen LogP contribution < -0.4 is 15.4 Å². The van der Waals surface area contributed by atoms with Gasteiger partial charge in [0.05, 0.1) is 17.7 Å². The third kappa shape index (κ3) is 5.35. The monoisotopic (exact) mass is 430 g/mol. The molecule has 0 unspecified atom stereocenters. The third-order valence-electron chi connectivity index (χ3n) is 3.52. The second kappa shape index (κ2) is 9.07. The molecule has 0 aliphatic heterocycles. The molecule has 0 aliphatic carbocycles. The van der Waals surface area contributed by atoms with E-state index >= 15 is 0 Å². The molecule has 2 rings (SSSR count). The summed E-state index contributed by atoms with van der Waals surface area (Å²) in [6.45, 7) is 3.20. The second-order valence-corrected chi connectivity index (χ2v) is 7.41. The van der Waals surface area contributed by atoms with Gasteiger partial charge in [-0.25, -0.2) is 4.79 Å². The number of thiophene rings is 1. The molecule has 0 aliphatic rings. The first-order chi connectivity index (χ1) is 12.7. The van der Waals surface area contributed by atoms with Crippen LogP contribution in [0, 0.1) is 13.8 Å². The predicted octanol–water partition coefficient (Wildman–Crippen LogP) is 4.19. The number of nitrogens with one attached hydrogen (secondary N) is 2. The fourth-order valence-corrected chi connectivity index (χ4v) is 3.63. The lowest BCUT2D eigenvalue weighted by Gasteiger charge is -2.10. The molecule has 3 amide bonds. The molecule has 0 atom stereocenters. The Morgan fingerprint density at radius 2 is 1.89 bits per heavy atom. The van der Waals surface area contributed by atoms with E-state index in [1.165, 1.54) is 17.4 Å². The molecule has 1 aromatic heterocycles. The molecule has 0 radical (unpaired) electrons. The van der Waals surface area contributed by atoms with Gasteiger partial charge >= 0.3 is 6.09 Å². The number of anilines is 1. The van der Waals surface area contributed by atoms with Crippen LogP contribution in [0.1, 0.15) is 20.8 Å². The highest BCUT2D eigenvalue weighted by Crippen LogP contribution is 2.32. The van der Waals surface area contributed by atoms with Crippen LogP contribution in [-0.2, 0) is 9.53 Å². The van der Waals surface area contributed by atoms with Gasteiger partial charge in [0.25, 0.3) is 11.8 Å². The summed E-state index contributed by atoms with van der Waals surface area (Å²) in [7, 11) is 1.15. The van der Waals surface area contributed by atoms with E-state index in [2.05, 4.69) is 15.4 Å². The molecule has 1 heterocycles. The number of carbonyl (C=O) groups excluding carboxylic acids is 3. The van der Waals surface area contributed by atoms with Gasteiger partial charge in [0.2, 0.25) is 0 Å². The first kappa shape index (κ1) is 21.0. The molecule has 2 N–H and O–H groups in total. The number of halogens is 2. The molecule has 1 aromatic carbocycles. The van der Waals surface area contributed by atoms with Crippen LogP contribution in [0.25, 0.3) is 0 Å². The highest BCUT2D eigenvalue weighted by molar-refractivity contribution is 7.16. The molecular formula is C17H16Cl2N2O5S. The van der Waals surface area contributed by atoms with Crippen molar-refractivity contribution in [2.75, 3.05) is 19.0 Å². The zero-order chi connectivity index (χ0) is 20.1.